The van der Waals surface area contributed by atoms with Crippen molar-refractivity contribution < 1.29 is 0 Å². The van der Waals surface area contributed by atoms with Gasteiger partial charge in [-0.25, -0.2) is 4.98 Å². The van der Waals surface area contributed by atoms with E-state index in [2.05, 4.69) is 9.97 Å². The highest BCUT2D eigenvalue weighted by molar-refractivity contribution is 4.89. The first-order valence-electron chi connectivity index (χ1n) is 3.07. The Bertz CT molecular complexity index is 255. The second kappa shape index (κ2) is 3.12. The van der Waals surface area contributed by atoms with E-state index in [1.165, 1.54) is 12.3 Å². The van der Waals surface area contributed by atoms with Gasteiger partial charge in [-0.1, -0.05) is 0 Å². The molecule has 54 valence electrons. The number of nitrogens with one attached hydrogen (secondary N) is 1. The van der Waals surface area contributed by atoms with Crippen LogP contribution >= 0.6 is 0 Å². The molecule has 0 aliphatic heterocycles. The predicted molar refractivity (Wildman–Crippen MR) is 37.6 cm³/mol. The summed E-state index contributed by atoms with van der Waals surface area (Å²) in [5, 5.41) is 0. The quantitative estimate of drug-likeness (QED) is 0.567. The average Bonchev–Trinajstić information content (AvgIpc) is 1.88. The number of nitrogens with two attached hydrogens (primary N) is 1. The maximum absolute atomic E-state index is 10.6. The standard InChI is InChI=1S/C6H9N3O/c7-3-1-5-8-4-2-6(10)9-5/h2,4H,1,3,7H2,(H,8,9,10). The third-order valence-electron chi connectivity index (χ3n) is 1.10. The molecule has 0 saturated heterocycles. The van der Waals surface area contributed by atoms with Gasteiger partial charge in [0.15, 0.2) is 0 Å². The van der Waals surface area contributed by atoms with Crippen molar-refractivity contribution in [3.05, 3.63) is 28.4 Å². The van der Waals surface area contributed by atoms with Gasteiger partial charge in [0.1, 0.15) is 5.82 Å². The molecule has 0 radical (unpaired) electrons. The van der Waals surface area contributed by atoms with E-state index in [4.69, 9.17) is 5.73 Å². The fourth-order valence-electron chi connectivity index (χ4n) is 0.675. The van der Waals surface area contributed by atoms with E-state index in [0.717, 1.165) is 0 Å². The van der Waals surface area contributed by atoms with Gasteiger partial charge in [0.05, 0.1) is 0 Å². The van der Waals surface area contributed by atoms with Gasteiger partial charge < -0.3 is 10.7 Å². The second-order valence-corrected chi connectivity index (χ2v) is 1.92. The van der Waals surface area contributed by atoms with E-state index >= 15 is 0 Å². The molecule has 0 saturated carbocycles. The van der Waals surface area contributed by atoms with Crippen molar-refractivity contribution in [2.45, 2.75) is 6.42 Å². The van der Waals surface area contributed by atoms with Crippen molar-refractivity contribution in [3.63, 3.8) is 0 Å². The van der Waals surface area contributed by atoms with Crippen LogP contribution in [0.5, 0.6) is 0 Å². The minimum absolute atomic E-state index is 0.126. The SMILES string of the molecule is NCCc1nccc(=O)[nH]1. The van der Waals surface area contributed by atoms with Crippen molar-refractivity contribution >= 4 is 0 Å². The first-order valence-corrected chi connectivity index (χ1v) is 3.07. The topological polar surface area (TPSA) is 71.8 Å². The zero-order chi connectivity index (χ0) is 7.40. The molecule has 1 aromatic heterocycles. The number of aromatic amines is 1. The molecule has 1 rings (SSSR count). The third-order valence-corrected chi connectivity index (χ3v) is 1.10. The molecule has 0 bridgehead atoms. The molecule has 0 atom stereocenters. The second-order valence-electron chi connectivity index (χ2n) is 1.92. The van der Waals surface area contributed by atoms with Gasteiger partial charge in [-0.2, -0.15) is 0 Å². The summed E-state index contributed by atoms with van der Waals surface area (Å²) in [4.78, 5) is 17.1. The van der Waals surface area contributed by atoms with Crippen LogP contribution in [-0.4, -0.2) is 16.5 Å². The number of aromatic nitrogens is 2. The third kappa shape index (κ3) is 1.66. The smallest absolute Gasteiger partial charge is 0.250 e. The molecule has 0 spiro atoms. The number of hydrogen-bond acceptors (Lipinski definition) is 3. The van der Waals surface area contributed by atoms with Gasteiger partial charge >= 0.3 is 0 Å². The summed E-state index contributed by atoms with van der Waals surface area (Å²) in [5.41, 5.74) is 5.12. The molecule has 0 aliphatic carbocycles. The van der Waals surface area contributed by atoms with Crippen LogP contribution in [0.25, 0.3) is 0 Å². The molecule has 10 heavy (non-hydrogen) atoms. The molecule has 0 fully saturated rings. The van der Waals surface area contributed by atoms with Gasteiger partial charge in [0, 0.05) is 18.7 Å². The summed E-state index contributed by atoms with van der Waals surface area (Å²) < 4.78 is 0. The Morgan fingerprint density at radius 1 is 1.70 bits per heavy atom. The van der Waals surface area contributed by atoms with Crippen LogP contribution in [0.15, 0.2) is 17.1 Å². The Kier molecular flexibility index (Phi) is 2.17. The Morgan fingerprint density at radius 3 is 3.10 bits per heavy atom. The summed E-state index contributed by atoms with van der Waals surface area (Å²) in [7, 11) is 0. The molecule has 0 amide bonds. The first-order chi connectivity index (χ1) is 4.83. The molecule has 1 heterocycles. The van der Waals surface area contributed by atoms with Gasteiger partial charge in [-0.05, 0) is 6.54 Å². The highest BCUT2D eigenvalue weighted by atomic mass is 16.1. The Morgan fingerprint density at radius 2 is 2.50 bits per heavy atom. The van der Waals surface area contributed by atoms with Crippen LogP contribution in [0.3, 0.4) is 0 Å². The van der Waals surface area contributed by atoms with E-state index in [-0.39, 0.29) is 5.56 Å². The largest absolute Gasteiger partial charge is 0.330 e. The van der Waals surface area contributed by atoms with Crippen molar-refractivity contribution in [2.75, 3.05) is 6.54 Å². The van der Waals surface area contributed by atoms with Crippen molar-refractivity contribution in [1.29, 1.82) is 0 Å². The van der Waals surface area contributed by atoms with Crippen molar-refractivity contribution in [3.8, 4) is 0 Å². The lowest BCUT2D eigenvalue weighted by atomic mass is 10.4. The van der Waals surface area contributed by atoms with Gasteiger partial charge in [0.25, 0.3) is 5.56 Å². The molecule has 0 unspecified atom stereocenters. The lowest BCUT2D eigenvalue weighted by molar-refractivity contribution is 0.856. The maximum atomic E-state index is 10.6. The fraction of sp³-hybridized carbons (Fsp3) is 0.333. The van der Waals surface area contributed by atoms with Crippen LogP contribution in [-0.2, 0) is 6.42 Å². The highest BCUT2D eigenvalue weighted by Gasteiger charge is 1.90. The van der Waals surface area contributed by atoms with E-state index in [0.29, 0.717) is 18.8 Å². The summed E-state index contributed by atoms with van der Waals surface area (Å²) in [6.45, 7) is 0.507. The van der Waals surface area contributed by atoms with Crippen molar-refractivity contribution in [2.24, 2.45) is 5.73 Å². The molecule has 4 heteroatoms. The summed E-state index contributed by atoms with van der Waals surface area (Å²) in [6, 6.07) is 1.38. The van der Waals surface area contributed by atoms with Crippen molar-refractivity contribution in [1.82, 2.24) is 9.97 Å². The zero-order valence-corrected chi connectivity index (χ0v) is 5.50. The Labute approximate surface area is 58.1 Å². The Balaban J connectivity index is 2.85. The predicted octanol–water partition coefficient (Wildman–Crippen LogP) is -0.729. The van der Waals surface area contributed by atoms with Gasteiger partial charge in [-0.15, -0.1) is 0 Å². The number of H-pyrrole nitrogens is 1. The first kappa shape index (κ1) is 6.95. The minimum Gasteiger partial charge on any atom is -0.330 e. The number of hydrogen-bond donors (Lipinski definition) is 2. The lowest BCUT2D eigenvalue weighted by Gasteiger charge is -1.93. The molecule has 1 aromatic rings. The zero-order valence-electron chi connectivity index (χ0n) is 5.50. The van der Waals surface area contributed by atoms with Gasteiger partial charge in [-0.3, -0.25) is 4.79 Å². The molecular weight excluding hydrogens is 130 g/mol. The fourth-order valence-corrected chi connectivity index (χ4v) is 0.675. The van der Waals surface area contributed by atoms with Crippen LogP contribution in [0, 0.1) is 0 Å². The number of rotatable bonds is 2. The van der Waals surface area contributed by atoms with E-state index in [9.17, 15) is 4.79 Å². The lowest BCUT2D eigenvalue weighted by Crippen LogP contribution is -2.12. The number of nitrogens with zero attached hydrogens (tertiary/aromatic N) is 1. The molecular formula is C6H9N3O. The van der Waals surface area contributed by atoms with E-state index in [1.807, 2.05) is 0 Å². The van der Waals surface area contributed by atoms with Gasteiger partial charge in [0.2, 0.25) is 0 Å². The van der Waals surface area contributed by atoms with Crippen LogP contribution in [0.4, 0.5) is 0 Å². The van der Waals surface area contributed by atoms with E-state index in [1.54, 1.807) is 0 Å². The normalized spacial score (nSPS) is 9.70. The molecule has 0 aliphatic rings. The summed E-state index contributed by atoms with van der Waals surface area (Å²) in [5.74, 6) is 0.648. The Hall–Kier alpha value is -1.16. The summed E-state index contributed by atoms with van der Waals surface area (Å²) in [6.07, 6.45) is 2.10. The molecule has 0 aromatic carbocycles. The van der Waals surface area contributed by atoms with Crippen LogP contribution in [0.2, 0.25) is 0 Å². The molecule has 4 nitrogen and oxygen atoms in total. The van der Waals surface area contributed by atoms with Crippen LogP contribution < -0.4 is 11.3 Å². The monoisotopic (exact) mass is 139 g/mol. The van der Waals surface area contributed by atoms with E-state index < -0.39 is 0 Å². The average molecular weight is 139 g/mol. The van der Waals surface area contributed by atoms with Crippen LogP contribution in [0.1, 0.15) is 5.82 Å². The highest BCUT2D eigenvalue weighted by Crippen LogP contribution is 1.81. The molecule has 3 N–H and O–H groups in total. The minimum atomic E-state index is -0.126. The maximum Gasteiger partial charge on any atom is 0.250 e. The summed E-state index contributed by atoms with van der Waals surface area (Å²) >= 11 is 0.